The molecule has 33 heavy (non-hydrogen) atoms. The molecular weight excluding hydrogens is 465 g/mol. The van der Waals surface area contributed by atoms with Crippen LogP contribution in [0.3, 0.4) is 0 Å². The van der Waals surface area contributed by atoms with Crippen molar-refractivity contribution >= 4 is 26.7 Å². The van der Waals surface area contributed by atoms with E-state index in [1.165, 1.54) is 18.5 Å². The normalized spacial score (nSPS) is 23.5. The third kappa shape index (κ3) is 4.58. The minimum atomic E-state index is -3.81. The van der Waals surface area contributed by atoms with Crippen LogP contribution in [0.15, 0.2) is 53.7 Å². The number of nitrogens with zero attached hydrogens (tertiary/aromatic N) is 3. The maximum absolute atomic E-state index is 13.5. The van der Waals surface area contributed by atoms with E-state index < -0.39 is 10.0 Å². The maximum Gasteiger partial charge on any atom is 0.263 e. The van der Waals surface area contributed by atoms with E-state index in [-0.39, 0.29) is 34.0 Å². The van der Waals surface area contributed by atoms with Gasteiger partial charge in [0, 0.05) is 54.3 Å². The zero-order valence-electron chi connectivity index (χ0n) is 17.7. The highest BCUT2D eigenvalue weighted by atomic mass is 32.2. The van der Waals surface area contributed by atoms with Crippen LogP contribution in [0.1, 0.15) is 42.5 Å². The van der Waals surface area contributed by atoms with Crippen LogP contribution in [0.25, 0.3) is 0 Å². The quantitative estimate of drug-likeness (QED) is 0.565. The van der Waals surface area contributed by atoms with Gasteiger partial charge in [-0.15, -0.1) is 0 Å². The molecule has 2 aliphatic rings. The summed E-state index contributed by atoms with van der Waals surface area (Å²) in [6, 6.07) is 11.7. The molecule has 1 fully saturated rings. The van der Waals surface area contributed by atoms with Crippen LogP contribution >= 0.6 is 11.5 Å². The van der Waals surface area contributed by atoms with Crippen LogP contribution in [-0.2, 0) is 10.0 Å². The Hall–Kier alpha value is -2.60. The third-order valence-corrected chi connectivity index (χ3v) is 8.27. The molecule has 0 amide bonds. The highest BCUT2D eigenvalue weighted by Gasteiger charge is 2.36. The average molecular weight is 490 g/mol. The molecule has 3 heterocycles. The minimum Gasteiger partial charge on any atom is -0.493 e. The number of benzene rings is 2. The number of nitrogens with one attached hydrogen (secondary N) is 1. The van der Waals surface area contributed by atoms with E-state index in [1.807, 2.05) is 18.2 Å². The first-order valence-corrected chi connectivity index (χ1v) is 13.0. The topological polar surface area (TPSA) is 110 Å². The van der Waals surface area contributed by atoms with Gasteiger partial charge in [0.1, 0.15) is 17.9 Å². The molecule has 0 spiro atoms. The Morgan fingerprint density at radius 3 is 2.73 bits per heavy atom. The number of halogens is 1. The van der Waals surface area contributed by atoms with Gasteiger partial charge in [-0.25, -0.2) is 17.8 Å². The summed E-state index contributed by atoms with van der Waals surface area (Å²) in [7, 11) is -3.81. The molecule has 1 saturated heterocycles. The average Bonchev–Trinajstić information content (AvgIpc) is 3.31. The Morgan fingerprint density at radius 2 is 1.97 bits per heavy atom. The molecule has 0 aliphatic carbocycles. The van der Waals surface area contributed by atoms with E-state index in [0.717, 1.165) is 48.5 Å². The molecule has 2 aromatic carbocycles. The molecule has 2 aliphatic heterocycles. The fourth-order valence-corrected chi connectivity index (χ4v) is 6.33. The van der Waals surface area contributed by atoms with Crippen molar-refractivity contribution in [3.8, 4) is 5.75 Å². The summed E-state index contributed by atoms with van der Waals surface area (Å²) in [6.45, 7) is 1.27. The number of anilines is 1. The van der Waals surface area contributed by atoms with Gasteiger partial charge >= 0.3 is 0 Å². The number of hydrogen-bond donors (Lipinski definition) is 2. The number of fused-ring (bicyclic) bond motifs is 1. The highest BCUT2D eigenvalue weighted by Crippen LogP contribution is 2.44. The van der Waals surface area contributed by atoms with Gasteiger partial charge in [-0.05, 0) is 36.6 Å². The Kier molecular flexibility index (Phi) is 6.04. The van der Waals surface area contributed by atoms with Gasteiger partial charge in [0.15, 0.2) is 0 Å². The van der Waals surface area contributed by atoms with Gasteiger partial charge in [0.25, 0.3) is 10.0 Å². The van der Waals surface area contributed by atoms with Gasteiger partial charge < -0.3 is 10.5 Å². The summed E-state index contributed by atoms with van der Waals surface area (Å²) >= 11 is 0.969. The Morgan fingerprint density at radius 1 is 1.15 bits per heavy atom. The van der Waals surface area contributed by atoms with Gasteiger partial charge in [-0.2, -0.15) is 4.37 Å². The van der Waals surface area contributed by atoms with Crippen molar-refractivity contribution in [3.63, 3.8) is 0 Å². The van der Waals surface area contributed by atoms with Gasteiger partial charge in [-0.1, -0.05) is 18.2 Å². The van der Waals surface area contributed by atoms with Crippen LogP contribution in [0.5, 0.6) is 5.75 Å². The largest absolute Gasteiger partial charge is 0.493 e. The zero-order chi connectivity index (χ0) is 23.0. The number of ether oxygens (including phenoxy) is 1. The monoisotopic (exact) mass is 489 g/mol. The molecule has 3 atom stereocenters. The van der Waals surface area contributed by atoms with Crippen LogP contribution in [0.2, 0.25) is 0 Å². The second-order valence-corrected chi connectivity index (χ2v) is 10.8. The van der Waals surface area contributed by atoms with E-state index in [2.05, 4.69) is 19.0 Å². The van der Waals surface area contributed by atoms with E-state index in [0.29, 0.717) is 12.4 Å². The fourth-order valence-electron chi connectivity index (χ4n) is 4.65. The number of aromatic nitrogens is 2. The van der Waals surface area contributed by atoms with Gasteiger partial charge in [0.2, 0.25) is 5.13 Å². The highest BCUT2D eigenvalue weighted by molar-refractivity contribution is 7.93. The number of piperidine rings is 1. The molecule has 0 bridgehead atoms. The van der Waals surface area contributed by atoms with Crippen molar-refractivity contribution in [1.29, 1.82) is 0 Å². The van der Waals surface area contributed by atoms with E-state index >= 15 is 0 Å². The summed E-state index contributed by atoms with van der Waals surface area (Å²) in [4.78, 5) is 6.38. The summed E-state index contributed by atoms with van der Waals surface area (Å²) in [5, 5.41) is 0.207. The molecule has 1 aromatic heterocycles. The van der Waals surface area contributed by atoms with Gasteiger partial charge in [0.05, 0.1) is 11.5 Å². The Bertz CT molecular complexity index is 1220. The standard InChI is InChI=1S/C22H24FN5O3S2/c23-15-3-1-14(2-4-15)20-11-16(24)7-9-28(20)19-8-10-31-21-12-17(5-6-18(19)21)33(29,30)27-22-25-13-26-32-22/h1-6,12-13,16,19-20H,7-11,24H2,(H,25,26,27)/t16-,19-,20+/m1/s1. The molecular formula is C22H24FN5O3S2. The molecule has 11 heteroatoms. The van der Waals surface area contributed by atoms with E-state index in [4.69, 9.17) is 10.5 Å². The lowest BCUT2D eigenvalue weighted by Gasteiger charge is -2.45. The van der Waals surface area contributed by atoms with Crippen molar-refractivity contribution in [2.45, 2.75) is 42.3 Å². The van der Waals surface area contributed by atoms with E-state index in [1.54, 1.807) is 12.1 Å². The fraction of sp³-hybridized carbons (Fsp3) is 0.364. The van der Waals surface area contributed by atoms with E-state index in [9.17, 15) is 12.8 Å². The molecule has 3 N–H and O–H groups in total. The third-order valence-electron chi connectivity index (χ3n) is 6.23. The van der Waals surface area contributed by atoms with Crippen molar-refractivity contribution in [3.05, 3.63) is 65.7 Å². The van der Waals surface area contributed by atoms with Crippen LogP contribution in [0.4, 0.5) is 9.52 Å². The Labute approximate surface area is 195 Å². The summed E-state index contributed by atoms with van der Waals surface area (Å²) < 4.78 is 51.2. The predicted octanol–water partition coefficient (Wildman–Crippen LogP) is 3.47. The smallest absolute Gasteiger partial charge is 0.263 e. The number of hydrogen-bond acceptors (Lipinski definition) is 8. The van der Waals surface area contributed by atoms with Crippen molar-refractivity contribution in [1.82, 2.24) is 14.3 Å². The summed E-state index contributed by atoms with van der Waals surface area (Å²) in [5.74, 6) is 0.289. The first-order valence-electron chi connectivity index (χ1n) is 10.7. The van der Waals surface area contributed by atoms with Crippen molar-refractivity contribution in [2.75, 3.05) is 17.9 Å². The molecule has 0 saturated carbocycles. The summed E-state index contributed by atoms with van der Waals surface area (Å²) in [5.41, 5.74) is 8.27. The van der Waals surface area contributed by atoms with Crippen molar-refractivity contribution in [2.24, 2.45) is 5.73 Å². The number of sulfonamides is 1. The molecule has 0 unspecified atom stereocenters. The van der Waals surface area contributed by atoms with Crippen LogP contribution in [-0.4, -0.2) is 41.9 Å². The lowest BCUT2D eigenvalue weighted by Crippen LogP contribution is -2.44. The molecule has 0 radical (unpaired) electrons. The molecule has 8 nitrogen and oxygen atoms in total. The minimum absolute atomic E-state index is 0.0455. The lowest BCUT2D eigenvalue weighted by atomic mass is 9.88. The second-order valence-electron chi connectivity index (χ2n) is 8.29. The number of likely N-dealkylation sites (tertiary alicyclic amines) is 1. The lowest BCUT2D eigenvalue weighted by molar-refractivity contribution is 0.0598. The number of nitrogens with two attached hydrogens (primary N) is 1. The molecule has 174 valence electrons. The van der Waals surface area contributed by atoms with Gasteiger partial charge in [-0.3, -0.25) is 9.62 Å². The van der Waals surface area contributed by atoms with Crippen LogP contribution in [0, 0.1) is 5.82 Å². The second kappa shape index (κ2) is 8.98. The Balaban J connectivity index is 1.45. The predicted molar refractivity (Wildman–Crippen MR) is 123 cm³/mol. The first-order chi connectivity index (χ1) is 15.9. The first kappa shape index (κ1) is 22.2. The molecule has 3 aromatic rings. The van der Waals surface area contributed by atoms with Crippen LogP contribution < -0.4 is 15.2 Å². The number of rotatable bonds is 5. The summed E-state index contributed by atoms with van der Waals surface area (Å²) in [6.07, 6.45) is 3.71. The van der Waals surface area contributed by atoms with Crippen molar-refractivity contribution < 1.29 is 17.5 Å². The zero-order valence-corrected chi connectivity index (χ0v) is 19.4. The molecule has 5 rings (SSSR count). The SMILES string of the molecule is N[C@@H]1CCN([C@@H]2CCOc3cc(S(=O)(=O)Nc4ncns4)ccc32)[C@H](c2ccc(F)cc2)C1. The maximum atomic E-state index is 13.5.